The van der Waals surface area contributed by atoms with Gasteiger partial charge >= 0.3 is 12.2 Å². The van der Waals surface area contributed by atoms with E-state index in [0.717, 1.165) is 5.56 Å². The maximum absolute atomic E-state index is 13.6. The maximum Gasteiger partial charge on any atom is 0.417 e. The van der Waals surface area contributed by atoms with E-state index < -0.39 is 35.2 Å². The Morgan fingerprint density at radius 3 is 2.47 bits per heavy atom. The minimum atomic E-state index is -1.65. The normalized spacial score (nSPS) is 24.7. The van der Waals surface area contributed by atoms with E-state index in [2.05, 4.69) is 10.7 Å². The molecule has 0 aliphatic carbocycles. The average Bonchev–Trinajstić information content (AvgIpc) is 3.61. The van der Waals surface area contributed by atoms with Crippen LogP contribution in [-0.2, 0) is 25.5 Å². The predicted octanol–water partition coefficient (Wildman–Crippen LogP) is 2.89. The van der Waals surface area contributed by atoms with Crippen molar-refractivity contribution in [3.63, 3.8) is 0 Å². The lowest BCUT2D eigenvalue weighted by Gasteiger charge is -2.45. The number of nitrogens with zero attached hydrogens (tertiary/aromatic N) is 4. The van der Waals surface area contributed by atoms with Crippen LogP contribution in [0.4, 0.5) is 28.4 Å². The Morgan fingerprint density at radius 2 is 1.76 bits per heavy atom. The quantitative estimate of drug-likeness (QED) is 0.440. The first-order valence-electron chi connectivity index (χ1n) is 16.1. The van der Waals surface area contributed by atoms with Crippen LogP contribution in [0.3, 0.4) is 0 Å². The number of rotatable bonds is 6. The van der Waals surface area contributed by atoms with Crippen molar-refractivity contribution >= 4 is 29.7 Å². The molecule has 2 aromatic rings. The Hall–Kier alpha value is -4.41. The van der Waals surface area contributed by atoms with E-state index in [9.17, 15) is 32.3 Å². The Morgan fingerprint density at radius 1 is 1.00 bits per heavy atom. The molecule has 4 amide bonds. The highest BCUT2D eigenvalue weighted by atomic mass is 19.2. The lowest BCUT2D eigenvalue weighted by atomic mass is 9.98. The van der Waals surface area contributed by atoms with Crippen molar-refractivity contribution in [1.29, 1.82) is 0 Å². The van der Waals surface area contributed by atoms with Crippen LogP contribution in [0.25, 0.3) is 0 Å². The molecule has 4 saturated heterocycles. The maximum atomic E-state index is 13.6. The monoisotopic (exact) mass is 688 g/mol. The van der Waals surface area contributed by atoms with Crippen LogP contribution in [0, 0.1) is 17.5 Å². The molecule has 4 fully saturated rings. The zero-order chi connectivity index (χ0) is 35.0. The molecule has 2 aromatic carbocycles. The van der Waals surface area contributed by atoms with Crippen LogP contribution in [0.2, 0.25) is 0 Å². The van der Waals surface area contributed by atoms with Gasteiger partial charge in [0.1, 0.15) is 18.0 Å². The molecule has 4 aliphatic rings. The summed E-state index contributed by atoms with van der Waals surface area (Å²) in [6.45, 7) is 7.81. The number of nitrogens with one attached hydrogen (secondary N) is 2. The van der Waals surface area contributed by atoms with Crippen molar-refractivity contribution in [2.45, 2.75) is 63.4 Å². The van der Waals surface area contributed by atoms with Gasteiger partial charge in [0.25, 0.3) is 0 Å². The lowest BCUT2D eigenvalue weighted by Crippen LogP contribution is -2.64. The van der Waals surface area contributed by atoms with E-state index in [1.165, 1.54) is 6.07 Å². The van der Waals surface area contributed by atoms with Crippen LogP contribution in [0.1, 0.15) is 32.8 Å². The summed E-state index contributed by atoms with van der Waals surface area (Å²) in [6, 6.07) is 6.81. The van der Waals surface area contributed by atoms with Crippen LogP contribution in [-0.4, -0.2) is 119 Å². The zero-order valence-corrected chi connectivity index (χ0v) is 27.4. The van der Waals surface area contributed by atoms with E-state index >= 15 is 0 Å². The number of hydrazine groups is 1. The molecule has 13 nitrogen and oxygen atoms in total. The predicted molar refractivity (Wildman–Crippen MR) is 168 cm³/mol. The third-order valence-electron chi connectivity index (χ3n) is 9.02. The topological polar surface area (TPSA) is 133 Å². The number of piperazine rings is 1. The summed E-state index contributed by atoms with van der Waals surface area (Å²) in [6.07, 6.45) is -0.951. The summed E-state index contributed by atoms with van der Waals surface area (Å²) in [5.41, 5.74) is 3.06. The number of morpholine rings is 1. The SMILES string of the molecule is CC(C)(C)OC(=O)N1CC2C(N3CC(N4CCOCC4=O)CC3=O)CNN2C[C@@H]1Cc1cccc(OC(=O)Nc2cc(F)c(F)c(F)c2)c1. The Bertz CT molecular complexity index is 1600. The third-order valence-corrected chi connectivity index (χ3v) is 9.02. The molecule has 49 heavy (non-hydrogen) atoms. The van der Waals surface area contributed by atoms with E-state index in [1.807, 2.05) is 16.0 Å². The van der Waals surface area contributed by atoms with Crippen molar-refractivity contribution in [3.05, 3.63) is 59.4 Å². The fraction of sp³-hybridized carbons (Fsp3) is 0.515. The minimum absolute atomic E-state index is 0.0129. The van der Waals surface area contributed by atoms with E-state index in [0.29, 0.717) is 51.3 Å². The van der Waals surface area contributed by atoms with Gasteiger partial charge in [-0.3, -0.25) is 20.3 Å². The number of benzene rings is 2. The molecular weight excluding hydrogens is 649 g/mol. The molecule has 0 saturated carbocycles. The number of anilines is 1. The summed E-state index contributed by atoms with van der Waals surface area (Å²) >= 11 is 0. The van der Waals surface area contributed by atoms with Crippen molar-refractivity contribution in [2.75, 3.05) is 51.3 Å². The number of carbonyl (C=O) groups is 4. The number of halogens is 3. The lowest BCUT2D eigenvalue weighted by molar-refractivity contribution is -0.145. The van der Waals surface area contributed by atoms with E-state index in [4.69, 9.17) is 14.2 Å². The smallest absolute Gasteiger partial charge is 0.417 e. The number of hydrogen-bond acceptors (Lipinski definition) is 9. The fourth-order valence-electron chi connectivity index (χ4n) is 6.85. The van der Waals surface area contributed by atoms with Gasteiger partial charge in [0.05, 0.1) is 36.5 Å². The zero-order valence-electron chi connectivity index (χ0n) is 27.4. The molecule has 4 aliphatic heterocycles. The Balaban J connectivity index is 1.15. The largest absolute Gasteiger partial charge is 0.444 e. The van der Waals surface area contributed by atoms with Gasteiger partial charge in [0.2, 0.25) is 11.8 Å². The Kier molecular flexibility index (Phi) is 9.73. The van der Waals surface area contributed by atoms with Gasteiger partial charge in [0.15, 0.2) is 17.5 Å². The third kappa shape index (κ3) is 7.76. The van der Waals surface area contributed by atoms with Gasteiger partial charge < -0.3 is 28.9 Å². The molecule has 6 rings (SSSR count). The highest BCUT2D eigenvalue weighted by molar-refractivity contribution is 5.86. The van der Waals surface area contributed by atoms with Gasteiger partial charge in [-0.25, -0.2) is 27.8 Å². The molecule has 2 N–H and O–H groups in total. The van der Waals surface area contributed by atoms with Crippen molar-refractivity contribution in [2.24, 2.45) is 0 Å². The number of carbonyl (C=O) groups excluding carboxylic acids is 4. The summed E-state index contributed by atoms with van der Waals surface area (Å²) in [4.78, 5) is 57.1. The number of amides is 4. The summed E-state index contributed by atoms with van der Waals surface area (Å²) < 4.78 is 56.8. The van der Waals surface area contributed by atoms with Gasteiger partial charge in [-0.05, 0) is 44.9 Å². The second-order valence-electron chi connectivity index (χ2n) is 13.6. The molecule has 0 radical (unpaired) electrons. The van der Waals surface area contributed by atoms with E-state index in [1.54, 1.807) is 42.7 Å². The summed E-state index contributed by atoms with van der Waals surface area (Å²) in [5.74, 6) is -4.60. The molecule has 4 heterocycles. The van der Waals surface area contributed by atoms with Gasteiger partial charge in [-0.2, -0.15) is 0 Å². The number of fused-ring (bicyclic) bond motifs is 1. The van der Waals surface area contributed by atoms with Crippen molar-refractivity contribution in [1.82, 2.24) is 25.1 Å². The number of likely N-dealkylation sites (tertiary alicyclic amines) is 1. The van der Waals surface area contributed by atoms with Crippen molar-refractivity contribution < 1.29 is 46.6 Å². The molecule has 4 atom stereocenters. The molecule has 0 bridgehead atoms. The number of ether oxygens (including phenoxy) is 3. The fourth-order valence-corrected chi connectivity index (χ4v) is 6.85. The first-order valence-corrected chi connectivity index (χ1v) is 16.1. The standard InChI is InChI=1S/C33H39F3N6O7/c1-33(2,3)49-32(46)40-17-27-26(41-15-22(13-28(41)43)39-7-8-47-18-29(39)44)14-37-42(27)16-21(40)9-19-5-4-6-23(10-19)48-31(45)38-20-11-24(34)30(36)25(35)12-20/h4-6,10-12,21-22,26-27,37H,7-9,13-18H2,1-3H3,(H,38,45)/t21-,22?,26?,27?/m0/s1. The summed E-state index contributed by atoms with van der Waals surface area (Å²) in [5, 5.41) is 4.22. The average molecular weight is 689 g/mol. The highest BCUT2D eigenvalue weighted by Gasteiger charge is 2.50. The van der Waals surface area contributed by atoms with Crippen molar-refractivity contribution in [3.8, 4) is 5.75 Å². The Labute approximate surface area is 281 Å². The van der Waals surface area contributed by atoms with Gasteiger partial charge in [-0.1, -0.05) is 12.1 Å². The van der Waals surface area contributed by atoms with Crippen LogP contribution in [0.15, 0.2) is 36.4 Å². The van der Waals surface area contributed by atoms with E-state index in [-0.39, 0.29) is 67.0 Å². The molecule has 16 heteroatoms. The first kappa shape index (κ1) is 34.5. The highest BCUT2D eigenvalue weighted by Crippen LogP contribution is 2.31. The molecule has 3 unspecified atom stereocenters. The summed E-state index contributed by atoms with van der Waals surface area (Å²) in [7, 11) is 0. The van der Waals surface area contributed by atoms with Crippen LogP contribution in [0.5, 0.6) is 5.75 Å². The van der Waals surface area contributed by atoms with Crippen LogP contribution < -0.4 is 15.5 Å². The van der Waals surface area contributed by atoms with Gasteiger partial charge in [-0.15, -0.1) is 0 Å². The minimum Gasteiger partial charge on any atom is -0.444 e. The van der Waals surface area contributed by atoms with Gasteiger partial charge in [0, 0.05) is 51.3 Å². The second-order valence-corrected chi connectivity index (χ2v) is 13.6. The molecule has 0 spiro atoms. The first-order chi connectivity index (χ1) is 23.3. The molecular formula is C33H39F3N6O7. The number of hydrogen-bond donors (Lipinski definition) is 2. The molecule has 264 valence electrons. The second kappa shape index (κ2) is 13.8. The van der Waals surface area contributed by atoms with Crippen LogP contribution >= 0.6 is 0 Å². The molecule has 0 aromatic heterocycles.